The molecule has 1 aromatic heterocycles. The molecule has 0 fully saturated rings. The van der Waals surface area contributed by atoms with Crippen molar-refractivity contribution in [2.45, 2.75) is 58.6 Å². The van der Waals surface area contributed by atoms with Gasteiger partial charge in [-0.1, -0.05) is 37.3 Å². The van der Waals surface area contributed by atoms with E-state index in [1.165, 1.54) is 11.3 Å². The number of ether oxygens (including phenoxy) is 1. The quantitative estimate of drug-likeness (QED) is 0.507. The normalized spacial score (nSPS) is 12.3. The maximum absolute atomic E-state index is 12.6. The first-order chi connectivity index (χ1) is 12.8. The van der Waals surface area contributed by atoms with Gasteiger partial charge < -0.3 is 15.2 Å². The third kappa shape index (κ3) is 7.55. The lowest BCUT2D eigenvalue weighted by Gasteiger charge is -2.26. The second kappa shape index (κ2) is 11.6. The second-order valence-corrected chi connectivity index (χ2v) is 8.45. The van der Waals surface area contributed by atoms with Crippen LogP contribution in [0.5, 0.6) is 5.75 Å². The van der Waals surface area contributed by atoms with Crippen LogP contribution in [0.1, 0.15) is 54.4 Å². The Morgan fingerprint density at radius 2 is 1.96 bits per heavy atom. The monoisotopic (exact) mass is 425 g/mol. The van der Waals surface area contributed by atoms with Crippen molar-refractivity contribution in [3.8, 4) is 5.75 Å². The molecule has 1 aromatic carbocycles. The largest absolute Gasteiger partial charge is 0.489 e. The summed E-state index contributed by atoms with van der Waals surface area (Å²) < 4.78 is 5.84. The Morgan fingerprint density at radius 3 is 2.61 bits per heavy atom. The van der Waals surface area contributed by atoms with Crippen molar-refractivity contribution < 1.29 is 14.6 Å². The number of thiophene rings is 1. The predicted octanol–water partition coefficient (Wildman–Crippen LogP) is 4.81. The number of carbonyl (C=O) groups excluding carboxylic acids is 1. The van der Waals surface area contributed by atoms with E-state index in [1.54, 1.807) is 0 Å². The Hall–Kier alpha value is -1.40. The van der Waals surface area contributed by atoms with E-state index in [0.717, 1.165) is 17.5 Å². The van der Waals surface area contributed by atoms with Crippen molar-refractivity contribution >= 4 is 29.5 Å². The average Bonchev–Trinajstić information content (AvgIpc) is 3.04. The number of β-amino-alcohol motifs (C(OH)–C–C–N with tert-alkyl or cyclic N) is 1. The molecule has 0 aliphatic rings. The highest BCUT2D eigenvalue weighted by Gasteiger charge is 2.20. The highest BCUT2D eigenvalue weighted by atomic mass is 35.5. The number of halogens is 1. The van der Waals surface area contributed by atoms with Gasteiger partial charge in [-0.3, -0.25) is 4.79 Å². The van der Waals surface area contributed by atoms with E-state index in [1.807, 2.05) is 42.6 Å². The molecule has 0 aliphatic carbocycles. The third-order valence-corrected chi connectivity index (χ3v) is 5.90. The summed E-state index contributed by atoms with van der Waals surface area (Å²) in [5.74, 6) is 0.707. The van der Waals surface area contributed by atoms with Gasteiger partial charge >= 0.3 is 0 Å². The Balaban J connectivity index is 0.00000392. The lowest BCUT2D eigenvalue weighted by Crippen LogP contribution is -2.44. The van der Waals surface area contributed by atoms with Crippen molar-refractivity contribution in [3.63, 3.8) is 0 Å². The van der Waals surface area contributed by atoms with Crippen LogP contribution < -0.4 is 10.1 Å². The fourth-order valence-electron chi connectivity index (χ4n) is 2.58. The number of aryl methyl sites for hydroxylation is 2. The molecule has 0 saturated carbocycles. The zero-order chi connectivity index (χ0) is 19.9. The van der Waals surface area contributed by atoms with Crippen LogP contribution in [0.15, 0.2) is 35.7 Å². The smallest absolute Gasteiger partial charge is 0.176 e. The van der Waals surface area contributed by atoms with Crippen molar-refractivity contribution in [1.29, 1.82) is 0 Å². The van der Waals surface area contributed by atoms with Crippen LogP contribution in [-0.4, -0.2) is 35.7 Å². The summed E-state index contributed by atoms with van der Waals surface area (Å²) in [5.41, 5.74) is 2.08. The van der Waals surface area contributed by atoms with E-state index < -0.39 is 6.10 Å². The molecule has 2 N–H and O–H groups in total. The van der Waals surface area contributed by atoms with Gasteiger partial charge in [0.05, 0.1) is 0 Å². The van der Waals surface area contributed by atoms with Gasteiger partial charge in [-0.05, 0) is 44.6 Å². The van der Waals surface area contributed by atoms with Crippen molar-refractivity contribution in [2.24, 2.45) is 0 Å². The molecule has 2 aromatic rings. The molecule has 28 heavy (non-hydrogen) atoms. The topological polar surface area (TPSA) is 58.6 Å². The van der Waals surface area contributed by atoms with E-state index in [9.17, 15) is 9.90 Å². The fourth-order valence-corrected chi connectivity index (χ4v) is 3.54. The van der Waals surface area contributed by atoms with Gasteiger partial charge in [0.2, 0.25) is 0 Å². The first-order valence-electron chi connectivity index (χ1n) is 9.53. The van der Waals surface area contributed by atoms with Gasteiger partial charge in [-0.2, -0.15) is 0 Å². The number of nitrogens with one attached hydrogen (secondary N) is 1. The summed E-state index contributed by atoms with van der Waals surface area (Å²) in [6.07, 6.45) is 1.52. The predicted molar refractivity (Wildman–Crippen MR) is 119 cm³/mol. The molecule has 0 bridgehead atoms. The molecule has 0 spiro atoms. The molecule has 1 heterocycles. The summed E-state index contributed by atoms with van der Waals surface area (Å²) in [6, 6.07) is 10.0. The van der Waals surface area contributed by atoms with E-state index in [2.05, 4.69) is 26.1 Å². The molecule has 4 nitrogen and oxygen atoms in total. The van der Waals surface area contributed by atoms with Crippen molar-refractivity contribution in [3.05, 3.63) is 51.7 Å². The molecular formula is C22H32ClNO3S. The van der Waals surface area contributed by atoms with Gasteiger partial charge in [-0.15, -0.1) is 23.7 Å². The third-order valence-electron chi connectivity index (χ3n) is 4.77. The summed E-state index contributed by atoms with van der Waals surface area (Å²) in [5, 5.41) is 15.5. The highest BCUT2D eigenvalue weighted by molar-refractivity contribution is 7.12. The van der Waals surface area contributed by atoms with Gasteiger partial charge in [0, 0.05) is 24.1 Å². The summed E-state index contributed by atoms with van der Waals surface area (Å²) >= 11 is 1.42. The number of rotatable bonds is 11. The molecule has 0 amide bonds. The molecule has 1 unspecified atom stereocenters. The van der Waals surface area contributed by atoms with E-state index in [0.29, 0.717) is 30.0 Å². The first kappa shape index (κ1) is 24.6. The number of ketones is 1. The van der Waals surface area contributed by atoms with Crippen LogP contribution in [-0.2, 0) is 6.42 Å². The van der Waals surface area contributed by atoms with Crippen molar-refractivity contribution in [2.75, 3.05) is 13.2 Å². The Kier molecular flexibility index (Phi) is 10.2. The molecule has 0 aliphatic heterocycles. The van der Waals surface area contributed by atoms with E-state index in [4.69, 9.17) is 4.74 Å². The molecule has 2 rings (SSSR count). The summed E-state index contributed by atoms with van der Waals surface area (Å²) in [7, 11) is 0. The van der Waals surface area contributed by atoms with Crippen LogP contribution in [0.25, 0.3) is 0 Å². The number of Topliss-reactive ketones (excluding diaryl/α,β-unsaturated/α-hetero) is 1. The zero-order valence-corrected chi connectivity index (χ0v) is 18.8. The lowest BCUT2D eigenvalue weighted by atomic mass is 10.0. The maximum atomic E-state index is 12.6. The molecule has 156 valence electrons. The maximum Gasteiger partial charge on any atom is 0.176 e. The lowest BCUT2D eigenvalue weighted by molar-refractivity contribution is 0.0931. The fraction of sp³-hybridized carbons (Fsp3) is 0.500. The number of hydrogen-bond acceptors (Lipinski definition) is 5. The number of aliphatic hydroxyl groups excluding tert-OH is 1. The van der Waals surface area contributed by atoms with E-state index in [-0.39, 0.29) is 30.3 Å². The molecule has 6 heteroatoms. The molecule has 1 atom stereocenters. The summed E-state index contributed by atoms with van der Waals surface area (Å²) in [4.78, 5) is 13.3. The van der Waals surface area contributed by atoms with E-state index >= 15 is 0 Å². The van der Waals surface area contributed by atoms with Crippen molar-refractivity contribution in [1.82, 2.24) is 5.32 Å². The van der Waals surface area contributed by atoms with Gasteiger partial charge in [0.1, 0.15) is 23.3 Å². The number of hydrogen-bond donors (Lipinski definition) is 2. The van der Waals surface area contributed by atoms with Crippen LogP contribution in [0, 0.1) is 6.92 Å². The minimum atomic E-state index is -0.623. The Morgan fingerprint density at radius 1 is 1.29 bits per heavy atom. The SMILES string of the molecule is CCC(C)(C)NCC(O)COc1c(C)csc1C(=O)CCc1ccccc1.Cl. The summed E-state index contributed by atoms with van der Waals surface area (Å²) in [6.45, 7) is 8.88. The highest BCUT2D eigenvalue weighted by Crippen LogP contribution is 2.31. The minimum Gasteiger partial charge on any atom is -0.489 e. The van der Waals surface area contributed by atoms with Crippen LogP contribution in [0.4, 0.5) is 0 Å². The number of aliphatic hydroxyl groups is 1. The minimum absolute atomic E-state index is 0. The number of benzene rings is 1. The van der Waals surface area contributed by atoms with Gasteiger partial charge in [0.15, 0.2) is 5.78 Å². The second-order valence-electron chi connectivity index (χ2n) is 7.57. The van der Waals surface area contributed by atoms with Crippen LogP contribution >= 0.6 is 23.7 Å². The molecule has 0 radical (unpaired) electrons. The van der Waals surface area contributed by atoms with Gasteiger partial charge in [0.25, 0.3) is 0 Å². The zero-order valence-electron chi connectivity index (χ0n) is 17.2. The molecular weight excluding hydrogens is 394 g/mol. The Labute approximate surface area is 178 Å². The Bertz CT molecular complexity index is 731. The standard InChI is InChI=1S/C22H31NO3S.ClH/c1-5-22(3,4)23-13-18(24)14-26-20-16(2)15-27-21(20)19(25)12-11-17-9-7-6-8-10-17;/h6-10,15,18,23-24H,5,11-14H2,1-4H3;1H. The van der Waals surface area contributed by atoms with Crippen LogP contribution in [0.2, 0.25) is 0 Å². The molecule has 0 saturated heterocycles. The number of carbonyl (C=O) groups is 1. The van der Waals surface area contributed by atoms with Crippen LogP contribution in [0.3, 0.4) is 0 Å². The average molecular weight is 426 g/mol. The van der Waals surface area contributed by atoms with Gasteiger partial charge in [-0.25, -0.2) is 0 Å². The first-order valence-corrected chi connectivity index (χ1v) is 10.4.